The molecule has 7 nitrogen and oxygen atoms in total. The van der Waals surface area contributed by atoms with Crippen LogP contribution in [0.5, 0.6) is 23.0 Å². The third-order valence-electron chi connectivity index (χ3n) is 4.42. The third-order valence-corrected chi connectivity index (χ3v) is 4.42. The number of hydrogen-bond acceptors (Lipinski definition) is 7. The molecule has 0 spiro atoms. The number of aliphatic hydroxyl groups excluding tert-OH is 1. The Morgan fingerprint density at radius 2 is 1.40 bits per heavy atom. The van der Waals surface area contributed by atoms with Crippen molar-refractivity contribution in [2.45, 2.75) is 13.0 Å². The van der Waals surface area contributed by atoms with E-state index in [0.717, 1.165) is 0 Å². The number of methoxy groups -OCH3 is 2. The Bertz CT molecular complexity index is 976. The van der Waals surface area contributed by atoms with Gasteiger partial charge in [0.1, 0.15) is 11.7 Å². The van der Waals surface area contributed by atoms with Gasteiger partial charge in [0, 0.05) is 0 Å². The molecule has 0 fully saturated rings. The first-order valence-corrected chi connectivity index (χ1v) is 9.09. The largest absolute Gasteiger partial charge is 0.504 e. The van der Waals surface area contributed by atoms with Crippen molar-refractivity contribution >= 4 is 23.7 Å². The monoisotopic (exact) mass is 412 g/mol. The van der Waals surface area contributed by atoms with Gasteiger partial charge in [0.2, 0.25) is 0 Å². The average molecular weight is 412 g/mol. The van der Waals surface area contributed by atoms with Crippen molar-refractivity contribution in [1.29, 1.82) is 0 Å². The molecule has 30 heavy (non-hydrogen) atoms. The molecule has 0 saturated heterocycles. The highest BCUT2D eigenvalue weighted by Gasteiger charge is 2.27. The van der Waals surface area contributed by atoms with Gasteiger partial charge < -0.3 is 24.8 Å². The van der Waals surface area contributed by atoms with Crippen LogP contribution in [0.15, 0.2) is 48.6 Å². The molecule has 0 heterocycles. The van der Waals surface area contributed by atoms with Crippen molar-refractivity contribution in [3.63, 3.8) is 0 Å². The highest BCUT2D eigenvalue weighted by molar-refractivity contribution is 6.09. The molecule has 0 bridgehead atoms. The Morgan fingerprint density at radius 1 is 0.900 bits per heavy atom. The summed E-state index contributed by atoms with van der Waals surface area (Å²) in [6.45, 7) is 1.24. The van der Waals surface area contributed by atoms with E-state index in [9.17, 15) is 24.9 Å². The Balaban J connectivity index is 2.17. The number of hydrogen-bond donors (Lipinski definition) is 3. The lowest BCUT2D eigenvalue weighted by Gasteiger charge is -2.15. The molecule has 0 saturated carbocycles. The molecule has 2 atom stereocenters. The van der Waals surface area contributed by atoms with E-state index >= 15 is 0 Å². The molecule has 3 N–H and O–H groups in total. The van der Waals surface area contributed by atoms with Crippen LogP contribution in [0.1, 0.15) is 18.1 Å². The number of ether oxygens (including phenoxy) is 2. The molecule has 7 heteroatoms. The van der Waals surface area contributed by atoms with Gasteiger partial charge in [-0.05, 0) is 48.4 Å². The van der Waals surface area contributed by atoms with Crippen molar-refractivity contribution in [2.75, 3.05) is 14.2 Å². The summed E-state index contributed by atoms with van der Waals surface area (Å²) < 4.78 is 10.0. The Kier molecular flexibility index (Phi) is 7.77. The van der Waals surface area contributed by atoms with Gasteiger partial charge in [-0.2, -0.15) is 0 Å². The Hall–Kier alpha value is -3.58. The number of rotatable bonds is 9. The zero-order valence-electron chi connectivity index (χ0n) is 16.9. The van der Waals surface area contributed by atoms with E-state index in [2.05, 4.69) is 0 Å². The average Bonchev–Trinajstić information content (AvgIpc) is 2.72. The van der Waals surface area contributed by atoms with Crippen LogP contribution in [0, 0.1) is 5.92 Å². The van der Waals surface area contributed by atoms with E-state index in [1.54, 1.807) is 18.2 Å². The van der Waals surface area contributed by atoms with Gasteiger partial charge in [-0.3, -0.25) is 9.59 Å². The number of phenols is 2. The van der Waals surface area contributed by atoms with Crippen molar-refractivity contribution < 1.29 is 34.4 Å². The van der Waals surface area contributed by atoms with Gasteiger partial charge in [-0.15, -0.1) is 0 Å². The van der Waals surface area contributed by atoms with E-state index in [4.69, 9.17) is 9.47 Å². The third kappa shape index (κ3) is 5.71. The maximum absolute atomic E-state index is 12.5. The van der Waals surface area contributed by atoms with Gasteiger partial charge in [0.15, 0.2) is 28.8 Å². The summed E-state index contributed by atoms with van der Waals surface area (Å²) in [6.07, 6.45) is 4.21. The number of Topliss-reactive ketones (excluding diaryl/α,β-unsaturated/α-hetero) is 1. The number of aliphatic hydroxyl groups is 1. The number of aromatic hydroxyl groups is 2. The lowest BCUT2D eigenvalue weighted by atomic mass is 9.92. The standard InChI is InChI=1S/C23H24O7/c1-14(24)23(19(27)10-6-15-4-8-17(25)21(12-15)29-2)20(28)11-7-16-5-9-18(26)22(13-16)30-3/h4-13,19,23,25-27H,1-3H3/b10-6+,11-7+. The fourth-order valence-corrected chi connectivity index (χ4v) is 2.81. The summed E-state index contributed by atoms with van der Waals surface area (Å²) in [4.78, 5) is 24.5. The highest BCUT2D eigenvalue weighted by atomic mass is 16.5. The molecule has 2 unspecified atom stereocenters. The molecule has 2 aromatic carbocycles. The minimum atomic E-state index is -1.34. The molecule has 2 rings (SSSR count). The van der Waals surface area contributed by atoms with Crippen LogP contribution in [0.3, 0.4) is 0 Å². The first kappa shape index (κ1) is 22.7. The van der Waals surface area contributed by atoms with Gasteiger partial charge in [-0.1, -0.05) is 30.4 Å². The second-order valence-electron chi connectivity index (χ2n) is 6.54. The predicted molar refractivity (Wildman–Crippen MR) is 113 cm³/mol. The number of carbonyl (C=O) groups excluding carboxylic acids is 2. The van der Waals surface area contributed by atoms with Gasteiger partial charge >= 0.3 is 0 Å². The van der Waals surface area contributed by atoms with Crippen LogP contribution in [-0.4, -0.2) is 47.2 Å². The van der Waals surface area contributed by atoms with E-state index in [1.807, 2.05) is 0 Å². The molecule has 0 amide bonds. The second-order valence-corrected chi connectivity index (χ2v) is 6.54. The molecule has 0 aliphatic rings. The first-order chi connectivity index (χ1) is 14.3. The van der Waals surface area contributed by atoms with Crippen molar-refractivity contribution in [3.8, 4) is 23.0 Å². The molecular formula is C23H24O7. The number of benzene rings is 2. The zero-order valence-corrected chi connectivity index (χ0v) is 16.9. The fraction of sp³-hybridized carbons (Fsp3) is 0.217. The van der Waals surface area contributed by atoms with Crippen molar-refractivity contribution in [2.24, 2.45) is 5.92 Å². The first-order valence-electron chi connectivity index (χ1n) is 9.09. The predicted octanol–water partition coefficient (Wildman–Crippen LogP) is 2.98. The van der Waals surface area contributed by atoms with E-state index < -0.39 is 23.6 Å². The van der Waals surface area contributed by atoms with Gasteiger partial charge in [0.25, 0.3) is 0 Å². The van der Waals surface area contributed by atoms with E-state index in [-0.39, 0.29) is 23.0 Å². The summed E-state index contributed by atoms with van der Waals surface area (Å²) in [5, 5.41) is 29.7. The minimum Gasteiger partial charge on any atom is -0.504 e. The molecule has 0 aliphatic heterocycles. The second kappa shape index (κ2) is 10.3. The van der Waals surface area contributed by atoms with Crippen LogP contribution in [-0.2, 0) is 9.59 Å². The lowest BCUT2D eigenvalue weighted by molar-refractivity contribution is -0.132. The van der Waals surface area contributed by atoms with Gasteiger partial charge in [0.05, 0.1) is 20.3 Å². The molecular weight excluding hydrogens is 388 g/mol. The van der Waals surface area contributed by atoms with E-state index in [0.29, 0.717) is 11.1 Å². The lowest BCUT2D eigenvalue weighted by Crippen LogP contribution is -2.31. The van der Waals surface area contributed by atoms with Crippen LogP contribution in [0.4, 0.5) is 0 Å². The van der Waals surface area contributed by atoms with Gasteiger partial charge in [-0.25, -0.2) is 0 Å². The topological polar surface area (TPSA) is 113 Å². The number of phenolic OH excluding ortho intramolecular Hbond substituents is 2. The molecule has 2 aromatic rings. The summed E-state index contributed by atoms with van der Waals surface area (Å²) in [5.74, 6) is -1.85. The van der Waals surface area contributed by atoms with Crippen LogP contribution >= 0.6 is 0 Å². The fourth-order valence-electron chi connectivity index (χ4n) is 2.81. The van der Waals surface area contributed by atoms with Crippen molar-refractivity contribution in [1.82, 2.24) is 0 Å². The smallest absolute Gasteiger partial charge is 0.169 e. The number of allylic oxidation sites excluding steroid dienone is 1. The maximum Gasteiger partial charge on any atom is 0.169 e. The molecule has 0 aliphatic carbocycles. The zero-order chi connectivity index (χ0) is 22.3. The Morgan fingerprint density at radius 3 is 1.87 bits per heavy atom. The Labute approximate surface area is 174 Å². The molecule has 0 radical (unpaired) electrons. The van der Waals surface area contributed by atoms with Crippen LogP contribution < -0.4 is 9.47 Å². The summed E-state index contributed by atoms with van der Waals surface area (Å²) >= 11 is 0. The summed E-state index contributed by atoms with van der Waals surface area (Å²) in [5.41, 5.74) is 1.20. The maximum atomic E-state index is 12.5. The van der Waals surface area contributed by atoms with E-state index in [1.165, 1.54) is 63.6 Å². The normalized spacial score (nSPS) is 13.3. The molecule has 0 aromatic heterocycles. The van der Waals surface area contributed by atoms with Crippen LogP contribution in [0.2, 0.25) is 0 Å². The summed E-state index contributed by atoms with van der Waals surface area (Å²) in [6, 6.07) is 9.14. The van der Waals surface area contributed by atoms with Crippen LogP contribution in [0.25, 0.3) is 12.2 Å². The number of ketones is 2. The summed E-state index contributed by atoms with van der Waals surface area (Å²) in [7, 11) is 2.82. The minimum absolute atomic E-state index is 0.0250. The molecule has 158 valence electrons. The highest BCUT2D eigenvalue weighted by Crippen LogP contribution is 2.28. The quantitative estimate of drug-likeness (QED) is 0.429. The van der Waals surface area contributed by atoms with Crippen molar-refractivity contribution in [3.05, 3.63) is 59.7 Å². The number of carbonyl (C=O) groups is 2. The SMILES string of the molecule is COc1cc(/C=C/C(=O)C(C(C)=O)C(O)/C=C/c2ccc(O)c(OC)c2)ccc1O.